The molecule has 0 fully saturated rings. The van der Waals surface area contributed by atoms with E-state index in [4.69, 9.17) is 0 Å². The van der Waals surface area contributed by atoms with Gasteiger partial charge >= 0.3 is 0 Å². The van der Waals surface area contributed by atoms with Crippen molar-refractivity contribution in [2.75, 3.05) is 7.05 Å². The van der Waals surface area contributed by atoms with Gasteiger partial charge in [0, 0.05) is 16.0 Å². The van der Waals surface area contributed by atoms with Gasteiger partial charge in [0.25, 0.3) is 0 Å². The Bertz CT molecular complexity index is 557. The van der Waals surface area contributed by atoms with Crippen molar-refractivity contribution in [3.8, 4) is 0 Å². The van der Waals surface area contributed by atoms with Crippen LogP contribution in [0.2, 0.25) is 0 Å². The van der Waals surface area contributed by atoms with Crippen molar-refractivity contribution < 1.29 is 4.39 Å². The molecule has 0 radical (unpaired) electrons. The maximum atomic E-state index is 13.2. The van der Waals surface area contributed by atoms with Crippen LogP contribution in [0, 0.1) is 16.3 Å². The molecular weight excluding hydrogens is 342 g/mol. The molecule has 1 N–H and O–H groups in total. The first kappa shape index (κ1) is 13.4. The molecule has 18 heavy (non-hydrogen) atoms. The molecule has 1 unspecified atom stereocenters. The Labute approximate surface area is 120 Å². The summed E-state index contributed by atoms with van der Waals surface area (Å²) < 4.78 is 14.1. The first-order valence-corrected chi connectivity index (χ1v) is 6.74. The van der Waals surface area contributed by atoms with Crippen molar-refractivity contribution in [1.29, 1.82) is 0 Å². The highest BCUT2D eigenvalue weighted by Gasteiger charge is 2.17. The maximum Gasteiger partial charge on any atom is 0.124 e. The predicted molar refractivity (Wildman–Crippen MR) is 79.0 cm³/mol. The number of aromatic nitrogens is 1. The molecule has 0 aliphatic rings. The number of benzene rings is 1. The number of hydrogen-bond donors (Lipinski definition) is 1. The third-order valence-corrected chi connectivity index (χ3v) is 3.89. The Morgan fingerprint density at radius 2 is 2.06 bits per heavy atom. The van der Waals surface area contributed by atoms with Gasteiger partial charge in [-0.15, -0.1) is 0 Å². The Morgan fingerprint density at radius 3 is 2.67 bits per heavy atom. The second-order valence-corrected chi connectivity index (χ2v) is 5.28. The zero-order valence-corrected chi connectivity index (χ0v) is 12.4. The molecule has 0 amide bonds. The highest BCUT2D eigenvalue weighted by molar-refractivity contribution is 14.1. The highest BCUT2D eigenvalue weighted by atomic mass is 127. The summed E-state index contributed by atoms with van der Waals surface area (Å²) in [4.78, 5) is 4.17. The molecule has 0 saturated heterocycles. The van der Waals surface area contributed by atoms with E-state index in [9.17, 15) is 4.39 Å². The van der Waals surface area contributed by atoms with E-state index in [1.54, 1.807) is 12.3 Å². The number of nitrogens with one attached hydrogen (secondary N) is 1. The van der Waals surface area contributed by atoms with Gasteiger partial charge in [-0.1, -0.05) is 6.07 Å². The molecule has 2 aromatic rings. The second kappa shape index (κ2) is 5.75. The van der Waals surface area contributed by atoms with Crippen molar-refractivity contribution in [1.82, 2.24) is 10.3 Å². The van der Waals surface area contributed by atoms with Crippen LogP contribution in [0.4, 0.5) is 4.39 Å². The van der Waals surface area contributed by atoms with Crippen molar-refractivity contribution in [2.45, 2.75) is 13.0 Å². The fourth-order valence-corrected chi connectivity index (χ4v) is 2.78. The van der Waals surface area contributed by atoms with Crippen molar-refractivity contribution in [3.63, 3.8) is 0 Å². The standard InChI is InChI=1S/C14H14FIN2/c1-9-5-6-18-8-12(9)14(17-2)11-4-3-10(15)7-13(11)16/h3-8,14,17H,1-2H3. The normalized spacial score (nSPS) is 12.4. The Balaban J connectivity index is 2.49. The lowest BCUT2D eigenvalue weighted by molar-refractivity contribution is 0.621. The fraction of sp³-hybridized carbons (Fsp3) is 0.214. The molecule has 0 saturated carbocycles. The van der Waals surface area contributed by atoms with E-state index < -0.39 is 0 Å². The van der Waals surface area contributed by atoms with Gasteiger partial charge in [-0.25, -0.2) is 4.39 Å². The van der Waals surface area contributed by atoms with Crippen LogP contribution < -0.4 is 5.32 Å². The number of hydrogen-bond acceptors (Lipinski definition) is 2. The van der Waals surface area contributed by atoms with Gasteiger partial charge in [-0.05, 0) is 71.5 Å². The Morgan fingerprint density at radius 1 is 1.28 bits per heavy atom. The van der Waals surface area contributed by atoms with Gasteiger partial charge < -0.3 is 5.32 Å². The van der Waals surface area contributed by atoms with Gasteiger partial charge in [-0.3, -0.25) is 4.98 Å². The second-order valence-electron chi connectivity index (χ2n) is 4.12. The minimum atomic E-state index is -0.207. The Kier molecular flexibility index (Phi) is 4.29. The molecule has 1 aromatic carbocycles. The van der Waals surface area contributed by atoms with Crippen LogP contribution in [0.25, 0.3) is 0 Å². The first-order chi connectivity index (χ1) is 8.63. The summed E-state index contributed by atoms with van der Waals surface area (Å²) in [5.41, 5.74) is 3.35. The minimum absolute atomic E-state index is 0.0335. The van der Waals surface area contributed by atoms with Gasteiger partial charge in [-0.2, -0.15) is 0 Å². The van der Waals surface area contributed by atoms with Crippen LogP contribution in [-0.2, 0) is 0 Å². The van der Waals surface area contributed by atoms with E-state index in [0.29, 0.717) is 0 Å². The molecule has 2 rings (SSSR count). The quantitative estimate of drug-likeness (QED) is 0.853. The average molecular weight is 356 g/mol. The number of pyridine rings is 1. The van der Waals surface area contributed by atoms with E-state index in [1.807, 2.05) is 25.4 Å². The molecule has 2 nitrogen and oxygen atoms in total. The molecule has 0 aliphatic heterocycles. The third-order valence-electron chi connectivity index (χ3n) is 2.95. The first-order valence-electron chi connectivity index (χ1n) is 5.66. The van der Waals surface area contributed by atoms with Crippen LogP contribution >= 0.6 is 22.6 Å². The van der Waals surface area contributed by atoms with Gasteiger partial charge in [0.2, 0.25) is 0 Å². The van der Waals surface area contributed by atoms with Crippen molar-refractivity contribution in [3.05, 3.63) is 62.7 Å². The summed E-state index contributed by atoms with van der Waals surface area (Å²) in [7, 11) is 1.90. The molecule has 1 atom stereocenters. The van der Waals surface area contributed by atoms with Crippen LogP contribution in [-0.4, -0.2) is 12.0 Å². The van der Waals surface area contributed by atoms with Gasteiger partial charge in [0.05, 0.1) is 6.04 Å². The minimum Gasteiger partial charge on any atom is -0.309 e. The van der Waals surface area contributed by atoms with Crippen molar-refractivity contribution in [2.24, 2.45) is 0 Å². The zero-order valence-electron chi connectivity index (χ0n) is 10.2. The fourth-order valence-electron chi connectivity index (χ4n) is 1.99. The van der Waals surface area contributed by atoms with Gasteiger partial charge in [0.15, 0.2) is 0 Å². The number of aryl methyl sites for hydroxylation is 1. The summed E-state index contributed by atoms with van der Waals surface area (Å²) in [6.45, 7) is 2.05. The van der Waals surface area contributed by atoms with Crippen LogP contribution in [0.3, 0.4) is 0 Å². The summed E-state index contributed by atoms with van der Waals surface area (Å²) in [5.74, 6) is -0.207. The molecule has 0 aliphatic carbocycles. The monoisotopic (exact) mass is 356 g/mol. The summed E-state index contributed by atoms with van der Waals surface area (Å²) in [6, 6.07) is 6.88. The third kappa shape index (κ3) is 2.70. The van der Waals surface area contributed by atoms with Crippen LogP contribution in [0.5, 0.6) is 0 Å². The highest BCUT2D eigenvalue weighted by Crippen LogP contribution is 2.27. The number of nitrogens with zero attached hydrogens (tertiary/aromatic N) is 1. The van der Waals surface area contributed by atoms with E-state index in [2.05, 4.69) is 39.8 Å². The SMILES string of the molecule is CNC(c1cnccc1C)c1ccc(F)cc1I. The zero-order chi connectivity index (χ0) is 13.1. The summed E-state index contributed by atoms with van der Waals surface area (Å²) in [6.07, 6.45) is 3.64. The summed E-state index contributed by atoms with van der Waals surface area (Å²) >= 11 is 2.16. The average Bonchev–Trinajstić information content (AvgIpc) is 2.34. The molecule has 1 aromatic heterocycles. The lowest BCUT2D eigenvalue weighted by Gasteiger charge is -2.20. The van der Waals surface area contributed by atoms with E-state index in [-0.39, 0.29) is 11.9 Å². The molecule has 94 valence electrons. The number of rotatable bonds is 3. The van der Waals surface area contributed by atoms with E-state index >= 15 is 0 Å². The molecule has 0 bridgehead atoms. The van der Waals surface area contributed by atoms with Crippen molar-refractivity contribution >= 4 is 22.6 Å². The van der Waals surface area contributed by atoms with E-state index in [0.717, 1.165) is 14.7 Å². The molecule has 4 heteroatoms. The predicted octanol–water partition coefficient (Wildman–Crippen LogP) is 3.44. The Hall–Kier alpha value is -1.01. The topological polar surface area (TPSA) is 24.9 Å². The largest absolute Gasteiger partial charge is 0.309 e. The number of halogens is 2. The lowest BCUT2D eigenvalue weighted by Crippen LogP contribution is -2.20. The smallest absolute Gasteiger partial charge is 0.124 e. The lowest BCUT2D eigenvalue weighted by atomic mass is 9.97. The van der Waals surface area contributed by atoms with Crippen LogP contribution in [0.15, 0.2) is 36.7 Å². The van der Waals surface area contributed by atoms with Gasteiger partial charge in [0.1, 0.15) is 5.82 Å². The molecular formula is C14H14FIN2. The molecule has 0 spiro atoms. The van der Waals surface area contributed by atoms with E-state index in [1.165, 1.54) is 11.6 Å². The summed E-state index contributed by atoms with van der Waals surface area (Å²) in [5, 5.41) is 3.27. The molecule has 1 heterocycles. The van der Waals surface area contributed by atoms with Crippen LogP contribution in [0.1, 0.15) is 22.7 Å². The maximum absolute atomic E-state index is 13.2.